The number of nitrogens with zero attached hydrogens (tertiary/aromatic N) is 2. The number of hydrogen-bond acceptors (Lipinski definition) is 4. The summed E-state index contributed by atoms with van der Waals surface area (Å²) in [7, 11) is 0.191. The average Bonchev–Trinajstić information content (AvgIpc) is 2.61. The van der Waals surface area contributed by atoms with Crippen LogP contribution in [0.2, 0.25) is 0 Å². The molecule has 2 heterocycles. The quantitative estimate of drug-likeness (QED) is 0.741. The summed E-state index contributed by atoms with van der Waals surface area (Å²) >= 11 is 0. The molecule has 3 atom stereocenters. The van der Waals surface area contributed by atoms with Crippen LogP contribution in [0.25, 0.3) is 0 Å². The smallest absolute Gasteiger partial charge is 0.227 e. The lowest BCUT2D eigenvalue weighted by atomic mass is 9.99. The average molecular weight is 304 g/mol. The van der Waals surface area contributed by atoms with Crippen molar-refractivity contribution in [3.63, 3.8) is 0 Å². The first-order valence-corrected chi connectivity index (χ1v) is 8.66. The molecular weight excluding hydrogens is 280 g/mol. The van der Waals surface area contributed by atoms with Gasteiger partial charge in [0.2, 0.25) is 15.9 Å². The Morgan fingerprint density at radius 2 is 2.00 bits per heavy atom. The second-order valence-electron chi connectivity index (χ2n) is 6.36. The third kappa shape index (κ3) is 3.15. The van der Waals surface area contributed by atoms with Crippen molar-refractivity contribution in [2.75, 3.05) is 32.9 Å². The number of sulfonamides is 1. The number of hydrogen-bond donors (Lipinski definition) is 0. The van der Waals surface area contributed by atoms with Crippen LogP contribution in [-0.2, 0) is 19.6 Å². The third-order valence-electron chi connectivity index (χ3n) is 3.82. The zero-order chi connectivity index (χ0) is 15.1. The fraction of sp³-hybridized carbons (Fsp3) is 0.923. The van der Waals surface area contributed by atoms with Gasteiger partial charge >= 0.3 is 0 Å². The molecule has 2 fully saturated rings. The minimum absolute atomic E-state index is 0.0283. The fourth-order valence-corrected chi connectivity index (χ4v) is 4.79. The van der Waals surface area contributed by atoms with Gasteiger partial charge in [-0.25, -0.2) is 8.42 Å². The Hall–Kier alpha value is -0.660. The number of fused-ring (bicyclic) bond motifs is 2. The Morgan fingerprint density at radius 3 is 2.55 bits per heavy atom. The van der Waals surface area contributed by atoms with E-state index in [2.05, 4.69) is 0 Å². The molecule has 20 heavy (non-hydrogen) atoms. The van der Waals surface area contributed by atoms with Crippen LogP contribution in [-0.4, -0.2) is 68.7 Å². The number of carbonyl (C=O) groups excluding carboxylic acids is 1. The van der Waals surface area contributed by atoms with Crippen molar-refractivity contribution in [1.29, 1.82) is 0 Å². The maximum absolute atomic E-state index is 12.3. The van der Waals surface area contributed by atoms with Gasteiger partial charge in [0.1, 0.15) is 0 Å². The summed E-state index contributed by atoms with van der Waals surface area (Å²) in [5.41, 5.74) is 0. The van der Waals surface area contributed by atoms with E-state index in [9.17, 15) is 13.2 Å². The molecule has 0 aliphatic carbocycles. The Morgan fingerprint density at radius 1 is 1.35 bits per heavy atom. The van der Waals surface area contributed by atoms with E-state index >= 15 is 0 Å². The molecule has 0 aromatic carbocycles. The molecule has 0 saturated carbocycles. The molecule has 0 spiro atoms. The van der Waals surface area contributed by atoms with E-state index in [0.29, 0.717) is 19.5 Å². The third-order valence-corrected chi connectivity index (χ3v) is 5.99. The predicted molar refractivity (Wildman–Crippen MR) is 75.7 cm³/mol. The van der Waals surface area contributed by atoms with Gasteiger partial charge < -0.3 is 9.64 Å². The molecule has 0 aromatic heterocycles. The maximum atomic E-state index is 12.3. The Labute approximate surface area is 121 Å². The minimum atomic E-state index is -3.25. The second kappa shape index (κ2) is 5.61. The normalized spacial score (nSPS) is 30.8. The molecule has 2 aliphatic heterocycles. The summed E-state index contributed by atoms with van der Waals surface area (Å²) in [6, 6.07) is 0. The van der Waals surface area contributed by atoms with Gasteiger partial charge in [-0.05, 0) is 12.3 Å². The highest BCUT2D eigenvalue weighted by Crippen LogP contribution is 2.34. The molecule has 116 valence electrons. The van der Waals surface area contributed by atoms with E-state index in [1.165, 1.54) is 4.31 Å². The first kappa shape index (κ1) is 15.7. The Bertz CT molecular complexity index is 475. The topological polar surface area (TPSA) is 66.9 Å². The van der Waals surface area contributed by atoms with Crippen molar-refractivity contribution >= 4 is 15.9 Å². The van der Waals surface area contributed by atoms with Gasteiger partial charge in [-0.15, -0.1) is 0 Å². The number of rotatable bonds is 4. The molecule has 0 radical (unpaired) electrons. The second-order valence-corrected chi connectivity index (χ2v) is 8.37. The highest BCUT2D eigenvalue weighted by molar-refractivity contribution is 7.89. The standard InChI is InChI=1S/C13H24N2O4S/c1-9(2)8-20(17,18)15-6-10-5-11(12(7-15)19-10)13(16)14(3)4/h9-12H,5-8H2,1-4H3/t10-,11+,12-/m1/s1. The zero-order valence-corrected chi connectivity index (χ0v) is 13.4. The summed E-state index contributed by atoms with van der Waals surface area (Å²) in [6.45, 7) is 4.47. The monoisotopic (exact) mass is 304 g/mol. The summed E-state index contributed by atoms with van der Waals surface area (Å²) in [4.78, 5) is 13.7. The first-order valence-electron chi connectivity index (χ1n) is 7.05. The molecule has 0 unspecified atom stereocenters. The summed E-state index contributed by atoms with van der Waals surface area (Å²) < 4.78 is 31.9. The van der Waals surface area contributed by atoms with Crippen molar-refractivity contribution in [2.24, 2.45) is 11.8 Å². The molecule has 7 heteroatoms. The van der Waals surface area contributed by atoms with Crippen LogP contribution in [0.5, 0.6) is 0 Å². The molecule has 1 amide bonds. The number of carbonyl (C=O) groups is 1. The van der Waals surface area contributed by atoms with E-state index in [0.717, 1.165) is 0 Å². The van der Waals surface area contributed by atoms with Crippen LogP contribution in [0.3, 0.4) is 0 Å². The lowest BCUT2D eigenvalue weighted by Gasteiger charge is -2.32. The van der Waals surface area contributed by atoms with Crippen molar-refractivity contribution in [2.45, 2.75) is 32.5 Å². The lowest BCUT2D eigenvalue weighted by Crippen LogP contribution is -2.48. The molecule has 2 aliphatic rings. The van der Waals surface area contributed by atoms with Crippen LogP contribution in [0, 0.1) is 11.8 Å². The molecule has 0 aromatic rings. The highest BCUT2D eigenvalue weighted by atomic mass is 32.2. The number of morpholine rings is 1. The van der Waals surface area contributed by atoms with Gasteiger partial charge in [0.05, 0.1) is 23.9 Å². The van der Waals surface area contributed by atoms with Gasteiger partial charge in [0.15, 0.2) is 0 Å². The van der Waals surface area contributed by atoms with Crippen molar-refractivity contribution in [3.05, 3.63) is 0 Å². The van der Waals surface area contributed by atoms with Crippen LogP contribution in [0.15, 0.2) is 0 Å². The maximum Gasteiger partial charge on any atom is 0.227 e. The first-order chi connectivity index (χ1) is 9.20. The number of ether oxygens (including phenoxy) is 1. The molecule has 2 bridgehead atoms. The van der Waals surface area contributed by atoms with Crippen LogP contribution in [0.1, 0.15) is 20.3 Å². The largest absolute Gasteiger partial charge is 0.371 e. The fourth-order valence-electron chi connectivity index (χ4n) is 2.97. The lowest BCUT2D eigenvalue weighted by molar-refractivity contribution is -0.135. The van der Waals surface area contributed by atoms with E-state index in [-0.39, 0.29) is 35.7 Å². The highest BCUT2D eigenvalue weighted by Gasteiger charge is 2.47. The minimum Gasteiger partial charge on any atom is -0.371 e. The molecule has 2 saturated heterocycles. The molecule has 2 rings (SSSR count). The summed E-state index contributed by atoms with van der Waals surface area (Å²) in [6.07, 6.45) is 0.172. The van der Waals surface area contributed by atoms with Crippen LogP contribution < -0.4 is 0 Å². The van der Waals surface area contributed by atoms with Gasteiger partial charge in [-0.3, -0.25) is 4.79 Å². The summed E-state index contributed by atoms with van der Waals surface area (Å²) in [5, 5.41) is 0. The van der Waals surface area contributed by atoms with Gasteiger partial charge in [0, 0.05) is 27.2 Å². The van der Waals surface area contributed by atoms with Gasteiger partial charge in [0.25, 0.3) is 0 Å². The van der Waals surface area contributed by atoms with Crippen molar-refractivity contribution in [1.82, 2.24) is 9.21 Å². The molecule has 0 N–H and O–H groups in total. The van der Waals surface area contributed by atoms with Crippen molar-refractivity contribution < 1.29 is 17.9 Å². The number of amides is 1. The van der Waals surface area contributed by atoms with Crippen molar-refractivity contribution in [3.8, 4) is 0 Å². The SMILES string of the molecule is CC(C)CS(=O)(=O)N1C[C@H]2C[C@H](C(=O)N(C)C)[C@@H](C1)O2. The van der Waals surface area contributed by atoms with E-state index < -0.39 is 10.0 Å². The van der Waals surface area contributed by atoms with E-state index in [1.807, 2.05) is 13.8 Å². The summed E-state index contributed by atoms with van der Waals surface area (Å²) in [5.74, 6) is 0.0632. The Balaban J connectivity index is 2.09. The molecular formula is C13H24N2O4S. The molecule has 6 nitrogen and oxygen atoms in total. The van der Waals surface area contributed by atoms with Crippen LogP contribution in [0.4, 0.5) is 0 Å². The van der Waals surface area contributed by atoms with Gasteiger partial charge in [-0.1, -0.05) is 13.8 Å². The van der Waals surface area contributed by atoms with E-state index in [4.69, 9.17) is 4.74 Å². The predicted octanol–water partition coefficient (Wildman–Crippen LogP) is 0.150. The zero-order valence-electron chi connectivity index (χ0n) is 12.6. The van der Waals surface area contributed by atoms with E-state index in [1.54, 1.807) is 19.0 Å². The Kier molecular flexibility index (Phi) is 4.41. The van der Waals surface area contributed by atoms with Crippen LogP contribution >= 0.6 is 0 Å². The van der Waals surface area contributed by atoms with Gasteiger partial charge in [-0.2, -0.15) is 4.31 Å².